The monoisotopic (exact) mass is 384 g/mol. The fourth-order valence-corrected chi connectivity index (χ4v) is 2.13. The number of rotatable bonds is 6. The van der Waals surface area contributed by atoms with Crippen LogP contribution in [0.1, 0.15) is 32.0 Å². The molecule has 0 saturated carbocycles. The summed E-state index contributed by atoms with van der Waals surface area (Å²) in [6.07, 6.45) is 0.637. The summed E-state index contributed by atoms with van der Waals surface area (Å²) in [5.41, 5.74) is 0.442. The molecule has 0 aliphatic heterocycles. The molecule has 0 fully saturated rings. The Balaban J connectivity index is 2.20. The molecule has 1 amide bonds. The van der Waals surface area contributed by atoms with Crippen LogP contribution in [-0.4, -0.2) is 29.8 Å². The second-order valence-corrected chi connectivity index (χ2v) is 6.85. The first-order valence-corrected chi connectivity index (χ1v) is 8.70. The molecule has 1 N–H and O–H groups in total. The van der Waals surface area contributed by atoms with Crippen molar-refractivity contribution in [2.75, 3.05) is 7.11 Å². The molecule has 1 aromatic carbocycles. The number of benzene rings is 1. The lowest BCUT2D eigenvalue weighted by atomic mass is 10.2. The molecule has 0 radical (unpaired) electrons. The molecular formula is C21H24N2O5. The van der Waals surface area contributed by atoms with Gasteiger partial charge in [-0.25, -0.2) is 14.6 Å². The van der Waals surface area contributed by atoms with E-state index in [1.54, 1.807) is 39.0 Å². The number of ether oxygens (including phenoxy) is 3. The van der Waals surface area contributed by atoms with Gasteiger partial charge in [0, 0.05) is 6.07 Å². The second kappa shape index (κ2) is 9.55. The van der Waals surface area contributed by atoms with Crippen LogP contribution in [0.25, 0.3) is 6.08 Å². The van der Waals surface area contributed by atoms with E-state index in [4.69, 9.17) is 14.2 Å². The second-order valence-electron chi connectivity index (χ2n) is 6.85. The van der Waals surface area contributed by atoms with E-state index >= 15 is 0 Å². The van der Waals surface area contributed by atoms with Gasteiger partial charge in [-0.15, -0.1) is 0 Å². The van der Waals surface area contributed by atoms with Crippen LogP contribution in [0.3, 0.4) is 0 Å². The molecule has 7 nitrogen and oxygen atoms in total. The molecule has 1 aromatic heterocycles. The smallest absolute Gasteiger partial charge is 0.412 e. The zero-order chi connectivity index (χ0) is 20.6. The van der Waals surface area contributed by atoms with E-state index in [0.29, 0.717) is 11.6 Å². The number of hydrogen-bond acceptors (Lipinski definition) is 6. The zero-order valence-corrected chi connectivity index (χ0v) is 16.4. The predicted octanol–water partition coefficient (Wildman–Crippen LogP) is 3.70. The molecule has 28 heavy (non-hydrogen) atoms. The number of aromatic nitrogens is 1. The number of methoxy groups -OCH3 is 1. The zero-order valence-electron chi connectivity index (χ0n) is 16.4. The maximum atomic E-state index is 12.6. The van der Waals surface area contributed by atoms with Crippen LogP contribution in [0, 0.1) is 0 Å². The van der Waals surface area contributed by atoms with Crippen molar-refractivity contribution in [3.8, 4) is 5.88 Å². The van der Waals surface area contributed by atoms with Crippen molar-refractivity contribution in [2.24, 2.45) is 0 Å². The maximum Gasteiger partial charge on any atom is 0.412 e. The minimum absolute atomic E-state index is 0.0680. The van der Waals surface area contributed by atoms with Gasteiger partial charge in [0.2, 0.25) is 5.88 Å². The van der Waals surface area contributed by atoms with Gasteiger partial charge in [0.15, 0.2) is 0 Å². The lowest BCUT2D eigenvalue weighted by Gasteiger charge is -2.20. The van der Waals surface area contributed by atoms with E-state index in [2.05, 4.69) is 10.3 Å². The number of amides is 1. The molecule has 7 heteroatoms. The molecule has 0 bridgehead atoms. The summed E-state index contributed by atoms with van der Waals surface area (Å²) in [5.74, 6) is -0.331. The van der Waals surface area contributed by atoms with Crippen LogP contribution in [-0.2, 0) is 20.9 Å². The van der Waals surface area contributed by atoms with Gasteiger partial charge >= 0.3 is 12.1 Å². The number of carbonyl (C=O) groups is 2. The Morgan fingerprint density at radius 3 is 2.43 bits per heavy atom. The Morgan fingerprint density at radius 2 is 1.79 bits per heavy atom. The third-order valence-corrected chi connectivity index (χ3v) is 3.31. The van der Waals surface area contributed by atoms with Crippen molar-refractivity contribution < 1.29 is 23.8 Å². The molecule has 0 atom stereocenters. The molecular weight excluding hydrogens is 360 g/mol. The van der Waals surface area contributed by atoms with Crippen LogP contribution in [0.15, 0.2) is 54.2 Å². The van der Waals surface area contributed by atoms with E-state index < -0.39 is 17.7 Å². The standard InChI is InChI=1S/C21H24N2O5/c1-21(2,3)28-20(25)23-17(13-16-11-8-12-18(22-16)26-4)19(24)27-14-15-9-6-5-7-10-15/h5-13H,14H2,1-4H3,(H,23,25)/b17-13-. The summed E-state index contributed by atoms with van der Waals surface area (Å²) < 4.78 is 15.6. The van der Waals surface area contributed by atoms with Crippen molar-refractivity contribution in [3.05, 3.63) is 65.5 Å². The normalized spacial score (nSPS) is 11.5. The van der Waals surface area contributed by atoms with Crippen LogP contribution in [0.5, 0.6) is 5.88 Å². The number of pyridine rings is 1. The first kappa shape index (κ1) is 21.0. The topological polar surface area (TPSA) is 86.8 Å². The van der Waals surface area contributed by atoms with Gasteiger partial charge in [-0.1, -0.05) is 36.4 Å². The first-order chi connectivity index (χ1) is 13.3. The van der Waals surface area contributed by atoms with Crippen LogP contribution >= 0.6 is 0 Å². The highest BCUT2D eigenvalue weighted by molar-refractivity contribution is 5.96. The van der Waals surface area contributed by atoms with Gasteiger partial charge in [-0.2, -0.15) is 0 Å². The van der Waals surface area contributed by atoms with E-state index in [1.165, 1.54) is 13.2 Å². The SMILES string of the molecule is COc1cccc(/C=C(\NC(=O)OC(C)(C)C)C(=O)OCc2ccccc2)n1. The van der Waals surface area contributed by atoms with E-state index in [9.17, 15) is 9.59 Å². The van der Waals surface area contributed by atoms with Crippen molar-refractivity contribution in [1.29, 1.82) is 0 Å². The average Bonchev–Trinajstić information content (AvgIpc) is 2.65. The summed E-state index contributed by atoms with van der Waals surface area (Å²) >= 11 is 0. The Morgan fingerprint density at radius 1 is 1.07 bits per heavy atom. The minimum Gasteiger partial charge on any atom is -0.481 e. The molecule has 0 aliphatic rings. The van der Waals surface area contributed by atoms with Crippen LogP contribution < -0.4 is 10.1 Å². The van der Waals surface area contributed by atoms with Gasteiger partial charge in [0.1, 0.15) is 17.9 Å². The van der Waals surface area contributed by atoms with Gasteiger partial charge < -0.3 is 14.2 Å². The molecule has 0 saturated heterocycles. The summed E-state index contributed by atoms with van der Waals surface area (Å²) in [5, 5.41) is 2.44. The molecule has 2 aromatic rings. The molecule has 0 unspecified atom stereocenters. The fraction of sp³-hybridized carbons (Fsp3) is 0.286. The number of carbonyl (C=O) groups excluding carboxylic acids is 2. The lowest BCUT2D eigenvalue weighted by Crippen LogP contribution is -2.34. The highest BCUT2D eigenvalue weighted by atomic mass is 16.6. The molecule has 0 spiro atoms. The van der Waals surface area contributed by atoms with Crippen molar-refractivity contribution >= 4 is 18.1 Å². The summed E-state index contributed by atoms with van der Waals surface area (Å²) in [7, 11) is 1.49. The third-order valence-electron chi connectivity index (χ3n) is 3.31. The fourth-order valence-electron chi connectivity index (χ4n) is 2.13. The largest absolute Gasteiger partial charge is 0.481 e. The number of nitrogens with one attached hydrogen (secondary N) is 1. The molecule has 2 rings (SSSR count). The van der Waals surface area contributed by atoms with Gasteiger partial charge in [-0.3, -0.25) is 5.32 Å². The van der Waals surface area contributed by atoms with Crippen LogP contribution in [0.4, 0.5) is 4.79 Å². The minimum atomic E-state index is -0.765. The molecule has 148 valence electrons. The quantitative estimate of drug-likeness (QED) is 0.604. The summed E-state index contributed by atoms with van der Waals surface area (Å²) in [4.78, 5) is 28.9. The highest BCUT2D eigenvalue weighted by Gasteiger charge is 2.21. The Kier molecular flexibility index (Phi) is 7.14. The summed E-state index contributed by atoms with van der Waals surface area (Å²) in [6, 6.07) is 14.3. The first-order valence-electron chi connectivity index (χ1n) is 8.70. The van der Waals surface area contributed by atoms with Gasteiger partial charge in [0.25, 0.3) is 0 Å². The molecule has 1 heterocycles. The van der Waals surface area contributed by atoms with E-state index in [0.717, 1.165) is 5.56 Å². The van der Waals surface area contributed by atoms with Gasteiger partial charge in [0.05, 0.1) is 12.8 Å². The van der Waals surface area contributed by atoms with E-state index in [1.807, 2.05) is 30.3 Å². The third kappa shape index (κ3) is 7.11. The number of nitrogens with zero attached hydrogens (tertiary/aromatic N) is 1. The van der Waals surface area contributed by atoms with Crippen molar-refractivity contribution in [1.82, 2.24) is 10.3 Å². The van der Waals surface area contributed by atoms with Crippen molar-refractivity contribution in [2.45, 2.75) is 33.0 Å². The Labute approximate surface area is 164 Å². The predicted molar refractivity (Wildman–Crippen MR) is 104 cm³/mol. The Hall–Kier alpha value is -3.35. The molecule has 0 aliphatic carbocycles. The summed E-state index contributed by atoms with van der Waals surface area (Å²) in [6.45, 7) is 5.26. The lowest BCUT2D eigenvalue weighted by molar-refractivity contribution is -0.140. The van der Waals surface area contributed by atoms with Gasteiger partial charge in [-0.05, 0) is 38.5 Å². The average molecular weight is 384 g/mol. The number of alkyl carbamates (subject to hydrolysis) is 1. The van der Waals surface area contributed by atoms with Crippen LogP contribution in [0.2, 0.25) is 0 Å². The number of esters is 1. The van der Waals surface area contributed by atoms with Crippen molar-refractivity contribution in [3.63, 3.8) is 0 Å². The highest BCUT2D eigenvalue weighted by Crippen LogP contribution is 2.13. The van der Waals surface area contributed by atoms with E-state index in [-0.39, 0.29) is 12.3 Å². The maximum absolute atomic E-state index is 12.6. The number of hydrogen-bond donors (Lipinski definition) is 1. The Bertz CT molecular complexity index is 841.